The number of aromatic amines is 1. The smallest absolute Gasteiger partial charge is 0.238 e. The maximum Gasteiger partial charge on any atom is 0.238 e. The van der Waals surface area contributed by atoms with Crippen LogP contribution in [0.2, 0.25) is 0 Å². The van der Waals surface area contributed by atoms with E-state index in [1.165, 1.54) is 12.1 Å². The van der Waals surface area contributed by atoms with E-state index in [0.29, 0.717) is 11.6 Å². The number of nitrogens with one attached hydrogen (secondary N) is 2. The van der Waals surface area contributed by atoms with Crippen molar-refractivity contribution in [1.82, 2.24) is 15.0 Å². The van der Waals surface area contributed by atoms with Gasteiger partial charge >= 0.3 is 0 Å². The minimum absolute atomic E-state index is 0.0243. The highest BCUT2D eigenvalue weighted by Gasteiger charge is 2.10. The van der Waals surface area contributed by atoms with Gasteiger partial charge < -0.3 is 10.3 Å². The summed E-state index contributed by atoms with van der Waals surface area (Å²) in [5, 5.41) is 9.29. The Bertz CT molecular complexity index is 1250. The van der Waals surface area contributed by atoms with Crippen LogP contribution in [-0.4, -0.2) is 23.4 Å². The minimum Gasteiger partial charge on any atom is -0.359 e. The molecule has 7 nitrogen and oxygen atoms in total. The zero-order chi connectivity index (χ0) is 19.0. The molecule has 4 aromatic rings. The Balaban J connectivity index is 1.71. The van der Waals surface area contributed by atoms with Crippen molar-refractivity contribution in [2.75, 3.05) is 5.32 Å². The summed E-state index contributed by atoms with van der Waals surface area (Å²) in [6.07, 6.45) is 1.66. The van der Waals surface area contributed by atoms with Crippen molar-refractivity contribution in [3.8, 4) is 11.3 Å². The molecule has 0 atom stereocenters. The molecule has 0 unspecified atom stereocenters. The number of benzene rings is 2. The second-order valence-corrected chi connectivity index (χ2v) is 7.74. The molecular formula is C19H17N5O2S. The zero-order valence-corrected chi connectivity index (χ0v) is 15.3. The summed E-state index contributed by atoms with van der Waals surface area (Å²) in [4.78, 5) is 12.1. The number of H-pyrrole nitrogens is 1. The first kappa shape index (κ1) is 17.2. The predicted octanol–water partition coefficient (Wildman–Crippen LogP) is 3.32. The van der Waals surface area contributed by atoms with Gasteiger partial charge in [0.05, 0.1) is 10.6 Å². The Labute approximate surface area is 156 Å². The number of aromatic nitrogens is 3. The van der Waals surface area contributed by atoms with Gasteiger partial charge in [0.15, 0.2) is 0 Å². The van der Waals surface area contributed by atoms with Crippen LogP contribution < -0.4 is 10.5 Å². The maximum absolute atomic E-state index is 11.5. The fourth-order valence-electron chi connectivity index (χ4n) is 2.97. The van der Waals surface area contributed by atoms with E-state index >= 15 is 0 Å². The van der Waals surface area contributed by atoms with Gasteiger partial charge in [0.2, 0.25) is 16.0 Å². The second kappa shape index (κ2) is 6.49. The van der Waals surface area contributed by atoms with Gasteiger partial charge in [-0.25, -0.2) is 23.5 Å². The number of aryl methyl sites for hydroxylation is 1. The third-order valence-electron chi connectivity index (χ3n) is 4.15. The lowest BCUT2D eigenvalue weighted by molar-refractivity contribution is 0.598. The lowest BCUT2D eigenvalue weighted by Crippen LogP contribution is -2.12. The number of nitrogens with two attached hydrogens (primary N) is 1. The second-order valence-electron chi connectivity index (χ2n) is 6.18. The summed E-state index contributed by atoms with van der Waals surface area (Å²) in [6, 6.07) is 16.1. The molecule has 0 aliphatic carbocycles. The number of nitrogens with zero attached hydrogens (tertiary/aromatic N) is 2. The molecule has 0 saturated heterocycles. The molecule has 0 radical (unpaired) electrons. The summed E-state index contributed by atoms with van der Waals surface area (Å²) in [6.45, 7) is 2.01. The van der Waals surface area contributed by atoms with Crippen LogP contribution in [0.15, 0.2) is 65.7 Å². The molecule has 0 bridgehead atoms. The van der Waals surface area contributed by atoms with Crippen molar-refractivity contribution >= 4 is 32.6 Å². The monoisotopic (exact) mass is 379 g/mol. The molecule has 0 aliphatic rings. The molecule has 27 heavy (non-hydrogen) atoms. The standard InChI is InChI=1S/C19H17N5O2S/c1-12-10-16-15(6-3-7-17(16)22-12)18-8-9-21-19(24-18)23-13-4-2-5-14(11-13)27(20,25)26/h2-11,22H,1H3,(H2,20,25,26)(H,21,23,24). The molecule has 2 aromatic heterocycles. The van der Waals surface area contributed by atoms with Crippen LogP contribution in [0.4, 0.5) is 11.6 Å². The van der Waals surface area contributed by atoms with Crippen molar-refractivity contribution in [3.05, 3.63) is 66.5 Å². The largest absolute Gasteiger partial charge is 0.359 e. The summed E-state index contributed by atoms with van der Waals surface area (Å²) in [7, 11) is -3.78. The van der Waals surface area contributed by atoms with Crippen molar-refractivity contribution in [1.29, 1.82) is 0 Å². The van der Waals surface area contributed by atoms with E-state index in [2.05, 4.69) is 26.3 Å². The van der Waals surface area contributed by atoms with Crippen LogP contribution in [0, 0.1) is 6.92 Å². The van der Waals surface area contributed by atoms with E-state index < -0.39 is 10.0 Å². The van der Waals surface area contributed by atoms with Gasteiger partial charge in [0.1, 0.15) is 0 Å². The molecular weight excluding hydrogens is 362 g/mol. The van der Waals surface area contributed by atoms with Crippen molar-refractivity contribution in [2.24, 2.45) is 5.14 Å². The molecule has 0 spiro atoms. The van der Waals surface area contributed by atoms with E-state index in [0.717, 1.165) is 27.9 Å². The molecule has 0 aliphatic heterocycles. The number of hydrogen-bond donors (Lipinski definition) is 3. The number of hydrogen-bond acceptors (Lipinski definition) is 5. The average Bonchev–Trinajstić information content (AvgIpc) is 3.01. The molecule has 0 amide bonds. The Kier molecular flexibility index (Phi) is 4.14. The third-order valence-corrected chi connectivity index (χ3v) is 5.06. The van der Waals surface area contributed by atoms with Gasteiger partial charge in [-0.1, -0.05) is 18.2 Å². The van der Waals surface area contributed by atoms with E-state index in [9.17, 15) is 8.42 Å². The van der Waals surface area contributed by atoms with Gasteiger partial charge in [-0.05, 0) is 43.3 Å². The molecule has 0 fully saturated rings. The highest BCUT2D eigenvalue weighted by Crippen LogP contribution is 2.28. The lowest BCUT2D eigenvalue weighted by atomic mass is 10.1. The van der Waals surface area contributed by atoms with Gasteiger partial charge in [-0.2, -0.15) is 0 Å². The van der Waals surface area contributed by atoms with Crippen molar-refractivity contribution in [3.63, 3.8) is 0 Å². The summed E-state index contributed by atoms with van der Waals surface area (Å²) >= 11 is 0. The molecule has 4 N–H and O–H groups in total. The normalized spacial score (nSPS) is 11.6. The minimum atomic E-state index is -3.78. The topological polar surface area (TPSA) is 114 Å². The van der Waals surface area contributed by atoms with Gasteiger partial charge in [0.25, 0.3) is 0 Å². The quantitative estimate of drug-likeness (QED) is 0.503. The number of sulfonamides is 1. The Morgan fingerprint density at radius 3 is 2.70 bits per heavy atom. The summed E-state index contributed by atoms with van der Waals surface area (Å²) in [5.41, 5.74) is 4.40. The molecule has 4 rings (SSSR count). The van der Waals surface area contributed by atoms with Crippen LogP contribution in [0.25, 0.3) is 22.2 Å². The highest BCUT2D eigenvalue weighted by atomic mass is 32.2. The number of anilines is 2. The molecule has 136 valence electrons. The summed E-state index contributed by atoms with van der Waals surface area (Å²) < 4.78 is 23.0. The van der Waals surface area contributed by atoms with Gasteiger partial charge in [0, 0.05) is 34.0 Å². The van der Waals surface area contributed by atoms with Gasteiger partial charge in [-0.3, -0.25) is 0 Å². The van der Waals surface area contributed by atoms with Crippen LogP contribution in [0.1, 0.15) is 5.69 Å². The zero-order valence-electron chi connectivity index (χ0n) is 14.5. The number of rotatable bonds is 4. The van der Waals surface area contributed by atoms with Crippen LogP contribution in [0.3, 0.4) is 0 Å². The first-order chi connectivity index (χ1) is 12.9. The Hall–Kier alpha value is -3.23. The number of primary sulfonamides is 1. The molecule has 8 heteroatoms. The van der Waals surface area contributed by atoms with Crippen LogP contribution in [-0.2, 0) is 10.0 Å². The van der Waals surface area contributed by atoms with E-state index in [1.807, 2.05) is 31.2 Å². The Morgan fingerprint density at radius 1 is 1.07 bits per heavy atom. The molecule has 0 saturated carbocycles. The van der Waals surface area contributed by atoms with Crippen LogP contribution in [0.5, 0.6) is 0 Å². The fraction of sp³-hybridized carbons (Fsp3) is 0.0526. The fourth-order valence-corrected chi connectivity index (χ4v) is 3.53. The first-order valence-electron chi connectivity index (χ1n) is 8.22. The molecule has 2 heterocycles. The molecule has 2 aromatic carbocycles. The van der Waals surface area contributed by atoms with Crippen LogP contribution >= 0.6 is 0 Å². The first-order valence-corrected chi connectivity index (χ1v) is 9.76. The third kappa shape index (κ3) is 3.53. The maximum atomic E-state index is 11.5. The lowest BCUT2D eigenvalue weighted by Gasteiger charge is -2.08. The average molecular weight is 379 g/mol. The van der Waals surface area contributed by atoms with E-state index in [-0.39, 0.29) is 4.90 Å². The Morgan fingerprint density at radius 2 is 1.89 bits per heavy atom. The van der Waals surface area contributed by atoms with Gasteiger partial charge in [-0.15, -0.1) is 0 Å². The van der Waals surface area contributed by atoms with Crippen molar-refractivity contribution < 1.29 is 8.42 Å². The van der Waals surface area contributed by atoms with E-state index in [1.54, 1.807) is 18.3 Å². The predicted molar refractivity (Wildman–Crippen MR) is 105 cm³/mol. The summed E-state index contributed by atoms with van der Waals surface area (Å²) in [5.74, 6) is 0.364. The van der Waals surface area contributed by atoms with E-state index in [4.69, 9.17) is 5.14 Å². The van der Waals surface area contributed by atoms with Crippen molar-refractivity contribution in [2.45, 2.75) is 11.8 Å². The number of fused-ring (bicyclic) bond motifs is 1. The SMILES string of the molecule is Cc1cc2c(-c3ccnc(Nc4cccc(S(N)(=O)=O)c4)n3)cccc2[nH]1. The highest BCUT2D eigenvalue weighted by molar-refractivity contribution is 7.89.